The number of carbonyl (C=O) groups is 1. The average molecular weight is 470 g/mol. The van der Waals surface area contributed by atoms with E-state index >= 15 is 0 Å². The van der Waals surface area contributed by atoms with E-state index in [9.17, 15) is 4.79 Å². The number of amidine groups is 2. The number of thiophene rings is 1. The zero-order chi connectivity index (χ0) is 22.8. The Morgan fingerprint density at radius 1 is 1.18 bits per heavy atom. The maximum absolute atomic E-state index is 12.0. The van der Waals surface area contributed by atoms with Crippen LogP contribution in [0.2, 0.25) is 0 Å². The van der Waals surface area contributed by atoms with Gasteiger partial charge in [-0.3, -0.25) is 14.7 Å². The Labute approximate surface area is 196 Å². The number of primary amides is 1. The molecule has 0 radical (unpaired) electrons. The number of nitrogens with two attached hydrogens (primary N) is 1. The van der Waals surface area contributed by atoms with E-state index in [2.05, 4.69) is 4.90 Å². The molecule has 10 heteroatoms. The van der Waals surface area contributed by atoms with Gasteiger partial charge in [-0.15, -0.1) is 11.3 Å². The number of rotatable bonds is 8. The van der Waals surface area contributed by atoms with Gasteiger partial charge in [0.15, 0.2) is 11.5 Å². The van der Waals surface area contributed by atoms with E-state index in [-0.39, 0.29) is 0 Å². The lowest BCUT2D eigenvalue weighted by atomic mass is 10.1. The Morgan fingerprint density at radius 3 is 2.82 bits per heavy atom. The molecule has 0 spiro atoms. The summed E-state index contributed by atoms with van der Waals surface area (Å²) in [5.74, 6) is 2.25. The van der Waals surface area contributed by atoms with Gasteiger partial charge in [0.25, 0.3) is 5.91 Å². The molecule has 0 bridgehead atoms. The quantitative estimate of drug-likeness (QED) is 0.594. The van der Waals surface area contributed by atoms with Crippen LogP contribution in [0.1, 0.15) is 27.2 Å². The highest BCUT2D eigenvalue weighted by molar-refractivity contribution is 7.12. The Balaban J connectivity index is 1.42. The fraction of sp³-hybridized carbons (Fsp3) is 0.435. The van der Waals surface area contributed by atoms with Crippen molar-refractivity contribution in [3.05, 3.63) is 39.6 Å². The lowest BCUT2D eigenvalue weighted by Crippen LogP contribution is -2.38. The number of ether oxygens (including phenoxy) is 3. The number of fused-ring (bicyclic) bond motifs is 3. The number of aliphatic imine (C=N–C) groups is 2. The van der Waals surface area contributed by atoms with Gasteiger partial charge in [0.2, 0.25) is 0 Å². The van der Waals surface area contributed by atoms with Crippen LogP contribution >= 0.6 is 11.3 Å². The largest absolute Gasteiger partial charge is 0.491 e. The number of amides is 1. The SMILES string of the molecule is COc1c(OCCCN2CCOCC2)ccc2c1N=C(c1ccsc1C(N)=O)N1CCN=C21. The fourth-order valence-corrected chi connectivity index (χ4v) is 5.12. The molecule has 1 aromatic carbocycles. The molecule has 9 nitrogen and oxygen atoms in total. The molecule has 1 aromatic heterocycles. The van der Waals surface area contributed by atoms with Gasteiger partial charge in [-0.1, -0.05) is 0 Å². The number of carbonyl (C=O) groups excluding carboxylic acids is 1. The molecule has 0 unspecified atom stereocenters. The number of morpholine rings is 1. The normalized spacial score (nSPS) is 17.8. The maximum Gasteiger partial charge on any atom is 0.259 e. The van der Waals surface area contributed by atoms with Crippen molar-refractivity contribution < 1.29 is 19.0 Å². The van der Waals surface area contributed by atoms with E-state index in [1.807, 2.05) is 28.5 Å². The zero-order valence-electron chi connectivity index (χ0n) is 18.6. The molecule has 1 saturated heterocycles. The molecule has 5 rings (SSSR count). The summed E-state index contributed by atoms with van der Waals surface area (Å²) in [6.45, 7) is 6.42. The predicted molar refractivity (Wildman–Crippen MR) is 128 cm³/mol. The first-order valence-electron chi connectivity index (χ1n) is 11.1. The summed E-state index contributed by atoms with van der Waals surface area (Å²) in [6, 6.07) is 5.78. The molecule has 33 heavy (non-hydrogen) atoms. The molecular formula is C23H27N5O4S. The predicted octanol–water partition coefficient (Wildman–Crippen LogP) is 2.11. The first kappa shape index (κ1) is 21.9. The summed E-state index contributed by atoms with van der Waals surface area (Å²) >= 11 is 1.32. The van der Waals surface area contributed by atoms with Crippen molar-refractivity contribution in [2.45, 2.75) is 6.42 Å². The Bertz CT molecular complexity index is 1110. The van der Waals surface area contributed by atoms with Crippen molar-refractivity contribution in [1.82, 2.24) is 9.80 Å². The highest BCUT2D eigenvalue weighted by Gasteiger charge is 2.34. The summed E-state index contributed by atoms with van der Waals surface area (Å²) in [4.78, 5) is 26.5. The second-order valence-electron chi connectivity index (χ2n) is 7.97. The smallest absolute Gasteiger partial charge is 0.259 e. The number of nitrogens with zero attached hydrogens (tertiary/aromatic N) is 4. The first-order chi connectivity index (χ1) is 16.2. The van der Waals surface area contributed by atoms with Crippen LogP contribution in [0.3, 0.4) is 0 Å². The minimum Gasteiger partial charge on any atom is -0.491 e. The number of hydrogen-bond donors (Lipinski definition) is 1. The van der Waals surface area contributed by atoms with E-state index in [1.165, 1.54) is 11.3 Å². The molecule has 3 aliphatic heterocycles. The fourth-order valence-electron chi connectivity index (χ4n) is 4.38. The maximum atomic E-state index is 12.0. The number of hydrogen-bond acceptors (Lipinski definition) is 9. The van der Waals surface area contributed by atoms with Crippen molar-refractivity contribution in [2.75, 3.05) is 59.7 Å². The number of benzene rings is 1. The van der Waals surface area contributed by atoms with Crippen molar-refractivity contribution in [3.63, 3.8) is 0 Å². The highest BCUT2D eigenvalue weighted by atomic mass is 32.1. The van der Waals surface area contributed by atoms with Gasteiger partial charge in [-0.2, -0.15) is 0 Å². The lowest BCUT2D eigenvalue weighted by Gasteiger charge is -2.29. The second-order valence-corrected chi connectivity index (χ2v) is 8.89. The average Bonchev–Trinajstić information content (AvgIpc) is 3.52. The molecule has 4 heterocycles. The third-order valence-corrected chi connectivity index (χ3v) is 6.89. The van der Waals surface area contributed by atoms with Crippen LogP contribution in [-0.2, 0) is 4.74 Å². The molecule has 1 amide bonds. The Morgan fingerprint density at radius 2 is 2.03 bits per heavy atom. The van der Waals surface area contributed by atoms with Gasteiger partial charge in [0, 0.05) is 37.3 Å². The minimum absolute atomic E-state index is 0.463. The summed E-state index contributed by atoms with van der Waals surface area (Å²) in [6.07, 6.45) is 0.909. The molecule has 2 aromatic rings. The summed E-state index contributed by atoms with van der Waals surface area (Å²) in [5, 5.41) is 1.85. The van der Waals surface area contributed by atoms with Crippen LogP contribution in [0.25, 0.3) is 0 Å². The monoisotopic (exact) mass is 469 g/mol. The van der Waals surface area contributed by atoms with Crippen LogP contribution in [0, 0.1) is 0 Å². The van der Waals surface area contributed by atoms with Gasteiger partial charge in [0.1, 0.15) is 22.2 Å². The van der Waals surface area contributed by atoms with Crippen molar-refractivity contribution >= 4 is 34.6 Å². The third kappa shape index (κ3) is 4.21. The van der Waals surface area contributed by atoms with Crippen molar-refractivity contribution in [2.24, 2.45) is 15.7 Å². The van der Waals surface area contributed by atoms with Crippen LogP contribution in [-0.4, -0.2) is 87.0 Å². The van der Waals surface area contributed by atoms with Crippen molar-refractivity contribution in [3.8, 4) is 11.5 Å². The summed E-state index contributed by atoms with van der Waals surface area (Å²) in [7, 11) is 1.62. The van der Waals surface area contributed by atoms with E-state index in [1.54, 1.807) is 7.11 Å². The molecule has 3 aliphatic rings. The van der Waals surface area contributed by atoms with Crippen LogP contribution in [0.5, 0.6) is 11.5 Å². The number of methoxy groups -OCH3 is 1. The zero-order valence-corrected chi connectivity index (χ0v) is 19.4. The molecule has 2 N–H and O–H groups in total. The van der Waals surface area contributed by atoms with Gasteiger partial charge in [-0.25, -0.2) is 4.99 Å². The molecule has 0 atom stereocenters. The summed E-state index contributed by atoms with van der Waals surface area (Å²) in [5.41, 5.74) is 7.88. The summed E-state index contributed by atoms with van der Waals surface area (Å²) < 4.78 is 17.3. The molecule has 0 saturated carbocycles. The van der Waals surface area contributed by atoms with Gasteiger partial charge in [0.05, 0.1) is 33.5 Å². The molecule has 174 valence electrons. The molecular weight excluding hydrogens is 442 g/mol. The molecule has 1 fully saturated rings. The third-order valence-electron chi connectivity index (χ3n) is 5.96. The topological polar surface area (TPSA) is 102 Å². The second kappa shape index (κ2) is 9.50. The van der Waals surface area contributed by atoms with Crippen LogP contribution in [0.15, 0.2) is 33.6 Å². The van der Waals surface area contributed by atoms with Crippen molar-refractivity contribution in [1.29, 1.82) is 0 Å². The van der Waals surface area contributed by atoms with Gasteiger partial charge >= 0.3 is 0 Å². The first-order valence-corrected chi connectivity index (χ1v) is 12.0. The standard InChI is InChI=1S/C23H27N5O4S/c1-30-19-17(32-11-2-7-27-9-12-31-13-10-27)4-3-15-18(19)26-23(28-8-6-25-22(15)28)16-5-14-33-20(16)21(24)29/h3-5,14H,2,6-13H2,1H3,(H2,24,29). The van der Waals surface area contributed by atoms with Gasteiger partial charge < -0.3 is 24.8 Å². The lowest BCUT2D eigenvalue weighted by molar-refractivity contribution is 0.0357. The Hall–Kier alpha value is -2.95. The van der Waals surface area contributed by atoms with E-state index in [4.69, 9.17) is 29.9 Å². The van der Waals surface area contributed by atoms with E-state index in [0.717, 1.165) is 50.7 Å². The van der Waals surface area contributed by atoms with Crippen LogP contribution in [0.4, 0.5) is 5.69 Å². The van der Waals surface area contributed by atoms with Gasteiger partial charge in [-0.05, 0) is 30.0 Å². The molecule has 0 aliphatic carbocycles. The minimum atomic E-state index is -0.463. The van der Waals surface area contributed by atoms with E-state index < -0.39 is 5.91 Å². The highest BCUT2D eigenvalue weighted by Crippen LogP contribution is 2.44. The van der Waals surface area contributed by atoms with E-state index in [0.29, 0.717) is 53.2 Å². The van der Waals surface area contributed by atoms with Crippen LogP contribution < -0.4 is 15.2 Å². The Kier molecular flexibility index (Phi) is 6.30.